The quantitative estimate of drug-likeness (QED) is 0.652. The lowest BCUT2D eigenvalue weighted by molar-refractivity contribution is 0.0478. The van der Waals surface area contributed by atoms with Crippen LogP contribution < -0.4 is 10.5 Å². The maximum atomic E-state index is 11.9. The number of carbonyl (C=O) groups excluding carboxylic acids is 1. The van der Waals surface area contributed by atoms with Crippen LogP contribution in [-0.2, 0) is 4.74 Å². The fourth-order valence-electron chi connectivity index (χ4n) is 1.39. The summed E-state index contributed by atoms with van der Waals surface area (Å²) in [5.41, 5.74) is 6.27. The molecule has 0 saturated carbocycles. The number of hydrogen-bond donors (Lipinski definition) is 1. The average molecular weight is 273 g/mol. The van der Waals surface area contributed by atoms with Crippen molar-refractivity contribution in [3.05, 3.63) is 22.7 Å². The van der Waals surface area contributed by atoms with Gasteiger partial charge in [-0.1, -0.05) is 11.6 Å². The largest absolute Gasteiger partial charge is 0.494 e. The molecular formula is C12H17ClN2O3. The number of hydrogen-bond acceptors (Lipinski definition) is 5. The minimum absolute atomic E-state index is 0.237. The molecule has 1 rings (SSSR count). The Morgan fingerprint density at radius 1 is 1.44 bits per heavy atom. The number of nitrogen functional groups attached to an aromatic ring is 1. The molecule has 0 unspecified atom stereocenters. The van der Waals surface area contributed by atoms with E-state index in [1.807, 2.05) is 19.0 Å². The number of benzene rings is 1. The molecule has 2 N–H and O–H groups in total. The Balaban J connectivity index is 2.84. The number of halogens is 1. The number of nitrogens with two attached hydrogens (primary N) is 1. The van der Waals surface area contributed by atoms with E-state index in [2.05, 4.69) is 0 Å². The van der Waals surface area contributed by atoms with E-state index in [-0.39, 0.29) is 11.3 Å². The summed E-state index contributed by atoms with van der Waals surface area (Å²) in [5, 5.41) is 0.368. The van der Waals surface area contributed by atoms with Crippen LogP contribution in [0.1, 0.15) is 10.4 Å². The number of methoxy groups -OCH3 is 1. The van der Waals surface area contributed by atoms with Crippen LogP contribution in [0.2, 0.25) is 5.02 Å². The topological polar surface area (TPSA) is 64.8 Å². The van der Waals surface area contributed by atoms with Crippen molar-refractivity contribution in [3.63, 3.8) is 0 Å². The molecule has 0 spiro atoms. The van der Waals surface area contributed by atoms with Crippen LogP contribution in [0.15, 0.2) is 12.1 Å². The molecule has 0 aliphatic carbocycles. The van der Waals surface area contributed by atoms with Crippen LogP contribution in [0.4, 0.5) is 5.69 Å². The standard InChI is InChI=1S/C12H17ClN2O3/c1-15(2)4-5-18-12(16)9-6-8(13)7-10(14)11(9)17-3/h6-7H,4-5,14H2,1-3H3. The molecule has 18 heavy (non-hydrogen) atoms. The van der Waals surface area contributed by atoms with Crippen molar-refractivity contribution >= 4 is 23.3 Å². The molecule has 0 atom stereocenters. The van der Waals surface area contributed by atoms with Gasteiger partial charge in [-0.15, -0.1) is 0 Å². The van der Waals surface area contributed by atoms with E-state index >= 15 is 0 Å². The Morgan fingerprint density at radius 2 is 2.11 bits per heavy atom. The first kappa shape index (κ1) is 14.6. The molecule has 1 aromatic rings. The van der Waals surface area contributed by atoms with Gasteiger partial charge in [-0.05, 0) is 26.2 Å². The van der Waals surface area contributed by atoms with Gasteiger partial charge in [0.15, 0.2) is 5.75 Å². The molecule has 0 bridgehead atoms. The molecule has 0 aliphatic rings. The van der Waals surface area contributed by atoms with Crippen molar-refractivity contribution in [2.75, 3.05) is 40.1 Å². The number of ether oxygens (including phenoxy) is 2. The van der Waals surface area contributed by atoms with Crippen molar-refractivity contribution in [1.29, 1.82) is 0 Å². The van der Waals surface area contributed by atoms with Gasteiger partial charge in [0.25, 0.3) is 0 Å². The summed E-state index contributed by atoms with van der Waals surface area (Å²) in [6.45, 7) is 0.936. The monoisotopic (exact) mass is 272 g/mol. The third-order valence-electron chi connectivity index (χ3n) is 2.28. The number of carbonyl (C=O) groups is 1. The van der Waals surface area contributed by atoms with Crippen LogP contribution in [0.25, 0.3) is 0 Å². The molecule has 0 amide bonds. The van der Waals surface area contributed by atoms with E-state index in [4.69, 9.17) is 26.8 Å². The van der Waals surface area contributed by atoms with Crippen LogP contribution in [-0.4, -0.2) is 45.2 Å². The van der Waals surface area contributed by atoms with E-state index in [1.54, 1.807) is 0 Å². The summed E-state index contributed by atoms with van der Waals surface area (Å²) >= 11 is 5.86. The third-order valence-corrected chi connectivity index (χ3v) is 2.50. The van der Waals surface area contributed by atoms with Gasteiger partial charge in [-0.25, -0.2) is 4.79 Å². The maximum Gasteiger partial charge on any atom is 0.342 e. The van der Waals surface area contributed by atoms with Gasteiger partial charge in [0, 0.05) is 11.6 Å². The predicted molar refractivity (Wildman–Crippen MR) is 71.3 cm³/mol. The molecule has 1 aromatic carbocycles. The second kappa shape index (κ2) is 6.47. The summed E-state index contributed by atoms with van der Waals surface area (Å²) in [4.78, 5) is 13.8. The smallest absolute Gasteiger partial charge is 0.342 e. The molecule has 0 fully saturated rings. The van der Waals surface area contributed by atoms with Gasteiger partial charge in [0.05, 0.1) is 12.8 Å². The highest BCUT2D eigenvalue weighted by Gasteiger charge is 2.17. The average Bonchev–Trinajstić information content (AvgIpc) is 2.27. The Kier molecular flexibility index (Phi) is 5.25. The third kappa shape index (κ3) is 3.78. The van der Waals surface area contributed by atoms with Crippen molar-refractivity contribution in [2.24, 2.45) is 0 Å². The van der Waals surface area contributed by atoms with Gasteiger partial charge in [-0.2, -0.15) is 0 Å². The highest BCUT2D eigenvalue weighted by Crippen LogP contribution is 2.30. The lowest BCUT2D eigenvalue weighted by atomic mass is 10.1. The molecule has 0 radical (unpaired) electrons. The molecule has 100 valence electrons. The lowest BCUT2D eigenvalue weighted by Crippen LogP contribution is -2.20. The maximum absolute atomic E-state index is 11.9. The van der Waals surface area contributed by atoms with E-state index in [1.165, 1.54) is 19.2 Å². The summed E-state index contributed by atoms with van der Waals surface area (Å²) < 4.78 is 10.2. The van der Waals surface area contributed by atoms with Gasteiger partial charge < -0.3 is 20.1 Å². The van der Waals surface area contributed by atoms with Crippen molar-refractivity contribution in [2.45, 2.75) is 0 Å². The molecule has 0 heterocycles. The zero-order valence-corrected chi connectivity index (χ0v) is 11.5. The number of anilines is 1. The molecule has 6 heteroatoms. The first-order valence-electron chi connectivity index (χ1n) is 5.40. The molecule has 0 aliphatic heterocycles. The van der Waals surface area contributed by atoms with Crippen molar-refractivity contribution < 1.29 is 14.3 Å². The van der Waals surface area contributed by atoms with E-state index in [9.17, 15) is 4.79 Å². The fraction of sp³-hybridized carbons (Fsp3) is 0.417. The molecule has 0 saturated heterocycles. The fourth-order valence-corrected chi connectivity index (χ4v) is 1.62. The van der Waals surface area contributed by atoms with E-state index < -0.39 is 5.97 Å². The van der Waals surface area contributed by atoms with Gasteiger partial charge in [0.2, 0.25) is 0 Å². The first-order valence-corrected chi connectivity index (χ1v) is 5.78. The molecule has 5 nitrogen and oxygen atoms in total. The summed E-state index contributed by atoms with van der Waals surface area (Å²) in [6.07, 6.45) is 0. The summed E-state index contributed by atoms with van der Waals surface area (Å²) in [7, 11) is 5.23. The lowest BCUT2D eigenvalue weighted by Gasteiger charge is -2.13. The van der Waals surface area contributed by atoms with E-state index in [0.717, 1.165) is 0 Å². The first-order chi connectivity index (χ1) is 8.45. The number of esters is 1. The predicted octanol–water partition coefficient (Wildman–Crippen LogP) is 1.65. The second-order valence-electron chi connectivity index (χ2n) is 4.02. The van der Waals surface area contributed by atoms with Crippen LogP contribution in [0.3, 0.4) is 0 Å². The highest BCUT2D eigenvalue weighted by molar-refractivity contribution is 6.31. The molecule has 0 aromatic heterocycles. The Morgan fingerprint density at radius 3 is 2.67 bits per heavy atom. The van der Waals surface area contributed by atoms with Crippen LogP contribution >= 0.6 is 11.6 Å². The van der Waals surface area contributed by atoms with Crippen molar-refractivity contribution in [1.82, 2.24) is 4.90 Å². The molecular weight excluding hydrogens is 256 g/mol. The Bertz CT molecular complexity index is 436. The van der Waals surface area contributed by atoms with Gasteiger partial charge in [-0.3, -0.25) is 0 Å². The number of nitrogens with zero attached hydrogens (tertiary/aromatic N) is 1. The highest BCUT2D eigenvalue weighted by atomic mass is 35.5. The second-order valence-corrected chi connectivity index (χ2v) is 4.45. The zero-order chi connectivity index (χ0) is 13.7. The Labute approximate surface area is 111 Å². The Hall–Kier alpha value is -1.46. The number of likely N-dealkylation sites (N-methyl/N-ethyl adjacent to an activating group) is 1. The summed E-state index contributed by atoms with van der Waals surface area (Å²) in [6, 6.07) is 3.01. The minimum Gasteiger partial charge on any atom is -0.494 e. The number of rotatable bonds is 5. The van der Waals surface area contributed by atoms with Crippen molar-refractivity contribution in [3.8, 4) is 5.75 Å². The zero-order valence-electron chi connectivity index (χ0n) is 10.7. The summed E-state index contributed by atoms with van der Waals surface area (Å²) in [5.74, 6) is -0.211. The van der Waals surface area contributed by atoms with Crippen LogP contribution in [0.5, 0.6) is 5.75 Å². The normalized spacial score (nSPS) is 10.5. The van der Waals surface area contributed by atoms with E-state index in [0.29, 0.717) is 23.9 Å². The van der Waals surface area contributed by atoms with Gasteiger partial charge >= 0.3 is 5.97 Å². The van der Waals surface area contributed by atoms with Crippen LogP contribution in [0, 0.1) is 0 Å². The SMILES string of the molecule is COc1c(N)cc(Cl)cc1C(=O)OCCN(C)C. The van der Waals surface area contributed by atoms with Gasteiger partial charge in [0.1, 0.15) is 12.2 Å². The minimum atomic E-state index is -0.497.